The van der Waals surface area contributed by atoms with Gasteiger partial charge in [0.1, 0.15) is 0 Å². The van der Waals surface area contributed by atoms with E-state index in [1.807, 2.05) is 60.9 Å². The fourth-order valence-electron chi connectivity index (χ4n) is 7.68. The van der Waals surface area contributed by atoms with E-state index in [9.17, 15) is 9.59 Å². The van der Waals surface area contributed by atoms with Gasteiger partial charge in [-0.2, -0.15) is 0 Å². The lowest BCUT2D eigenvalue weighted by molar-refractivity contribution is -0.130. The Morgan fingerprint density at radius 3 is 2.18 bits per heavy atom. The summed E-state index contributed by atoms with van der Waals surface area (Å²) in [6, 6.07) is 20.5. The molecule has 1 heterocycles. The van der Waals surface area contributed by atoms with Gasteiger partial charge in [0.05, 0.1) is 36.9 Å². The molecule has 5 rings (SSSR count). The van der Waals surface area contributed by atoms with E-state index in [0.717, 1.165) is 44.9 Å². The number of fused-ring (bicyclic) bond motifs is 1. The molecule has 0 aliphatic heterocycles. The smallest absolute Gasteiger partial charge is 0.338 e. The fourth-order valence-corrected chi connectivity index (χ4v) is 7.68. The third-order valence-corrected chi connectivity index (χ3v) is 9.65. The van der Waals surface area contributed by atoms with E-state index in [-0.39, 0.29) is 22.8 Å². The predicted octanol–water partition coefficient (Wildman–Crippen LogP) is 7.77. The Balaban J connectivity index is 1.33. The van der Waals surface area contributed by atoms with Crippen LogP contribution in [0.2, 0.25) is 0 Å². The average Bonchev–Trinajstić information content (AvgIpc) is 3.48. The molecule has 5 atom stereocenters. The first-order chi connectivity index (χ1) is 18.9. The van der Waals surface area contributed by atoms with E-state index >= 15 is 0 Å². The highest BCUT2D eigenvalue weighted by atomic mass is 16.5. The molecule has 3 aromatic rings. The van der Waals surface area contributed by atoms with Crippen LogP contribution < -0.4 is 0 Å². The first kappa shape index (κ1) is 27.2. The third kappa shape index (κ3) is 5.98. The Morgan fingerprint density at radius 1 is 0.872 bits per heavy atom. The summed E-state index contributed by atoms with van der Waals surface area (Å²) in [5.41, 5.74) is 2.38. The highest BCUT2D eigenvalue weighted by molar-refractivity contribution is 5.89. The van der Waals surface area contributed by atoms with E-state index in [0.29, 0.717) is 42.1 Å². The number of hydrogen-bond acceptors (Lipinski definition) is 5. The van der Waals surface area contributed by atoms with Crippen LogP contribution >= 0.6 is 0 Å². The van der Waals surface area contributed by atoms with Gasteiger partial charge in [-0.05, 0) is 97.6 Å². The van der Waals surface area contributed by atoms with Crippen molar-refractivity contribution < 1.29 is 23.5 Å². The number of carbonyl (C=O) groups is 2. The molecule has 0 N–H and O–H groups in total. The zero-order valence-electron chi connectivity index (χ0n) is 23.1. The lowest BCUT2D eigenvalue weighted by atomic mass is 9.45. The normalized spacial score (nSPS) is 28.3. The number of ether oxygens (including phenoxy) is 2. The Labute approximate surface area is 231 Å². The second-order valence-electron chi connectivity index (χ2n) is 12.1. The third-order valence-electron chi connectivity index (χ3n) is 9.65. The summed E-state index contributed by atoms with van der Waals surface area (Å²) in [6.07, 6.45) is 10.9. The minimum atomic E-state index is -0.252. The first-order valence-corrected chi connectivity index (χ1v) is 14.3. The second-order valence-corrected chi connectivity index (χ2v) is 12.1. The van der Waals surface area contributed by atoms with Gasteiger partial charge in [-0.25, -0.2) is 9.59 Å². The molecule has 2 saturated carbocycles. The molecule has 5 heteroatoms. The fraction of sp³-hybridized carbons (Fsp3) is 0.471. The SMILES string of the molecule is C[C@]1(COC(=O)c2ccccc2)CCC[C@@]2(C)[C@@H]1CC[C@@H](COC(=O)c1ccccc1)[C@@H]2CCc1ccoc1. The summed E-state index contributed by atoms with van der Waals surface area (Å²) >= 11 is 0. The molecular weight excluding hydrogens is 488 g/mol. The van der Waals surface area contributed by atoms with Crippen molar-refractivity contribution >= 4 is 11.9 Å². The van der Waals surface area contributed by atoms with Crippen LogP contribution in [0, 0.1) is 28.6 Å². The maximum absolute atomic E-state index is 12.8. The van der Waals surface area contributed by atoms with Crippen LogP contribution in [0.15, 0.2) is 83.7 Å². The second kappa shape index (κ2) is 11.8. The lowest BCUT2D eigenvalue weighted by Crippen LogP contribution is -2.54. The van der Waals surface area contributed by atoms with Gasteiger partial charge in [0.25, 0.3) is 0 Å². The van der Waals surface area contributed by atoms with Crippen LogP contribution in [0.3, 0.4) is 0 Å². The Morgan fingerprint density at radius 2 is 1.54 bits per heavy atom. The van der Waals surface area contributed by atoms with Gasteiger partial charge in [0.15, 0.2) is 0 Å². The van der Waals surface area contributed by atoms with Crippen molar-refractivity contribution in [2.75, 3.05) is 13.2 Å². The van der Waals surface area contributed by atoms with Gasteiger partial charge in [0.2, 0.25) is 0 Å². The molecule has 0 saturated heterocycles. The number of esters is 2. The molecule has 2 aliphatic carbocycles. The molecular formula is C34H40O5. The number of hydrogen-bond donors (Lipinski definition) is 0. The molecule has 0 amide bonds. The summed E-state index contributed by atoms with van der Waals surface area (Å²) in [6.45, 7) is 5.63. The lowest BCUT2D eigenvalue weighted by Gasteiger charge is -2.60. The Bertz CT molecular complexity index is 1220. The minimum absolute atomic E-state index is 0.0674. The number of benzene rings is 2. The topological polar surface area (TPSA) is 65.7 Å². The number of rotatable bonds is 9. The van der Waals surface area contributed by atoms with Crippen molar-refractivity contribution in [2.24, 2.45) is 28.6 Å². The first-order valence-electron chi connectivity index (χ1n) is 14.3. The summed E-state index contributed by atoms with van der Waals surface area (Å²) in [7, 11) is 0. The van der Waals surface area contributed by atoms with Crippen molar-refractivity contribution in [1.29, 1.82) is 0 Å². The monoisotopic (exact) mass is 528 g/mol. The van der Waals surface area contributed by atoms with Gasteiger partial charge >= 0.3 is 11.9 Å². The molecule has 2 aromatic carbocycles. The van der Waals surface area contributed by atoms with Crippen molar-refractivity contribution in [2.45, 2.75) is 58.8 Å². The molecule has 0 spiro atoms. The molecule has 2 fully saturated rings. The number of furan rings is 1. The Hall–Kier alpha value is -3.34. The van der Waals surface area contributed by atoms with Crippen molar-refractivity contribution in [3.8, 4) is 0 Å². The molecule has 0 unspecified atom stereocenters. The predicted molar refractivity (Wildman–Crippen MR) is 150 cm³/mol. The number of carbonyl (C=O) groups excluding carboxylic acids is 2. The van der Waals surface area contributed by atoms with E-state index in [1.54, 1.807) is 18.4 Å². The van der Waals surface area contributed by atoms with Crippen LogP contribution in [-0.2, 0) is 15.9 Å². The minimum Gasteiger partial charge on any atom is -0.472 e. The number of aryl methyl sites for hydroxylation is 1. The maximum Gasteiger partial charge on any atom is 0.338 e. The van der Waals surface area contributed by atoms with E-state index in [2.05, 4.69) is 13.8 Å². The van der Waals surface area contributed by atoms with Crippen molar-refractivity contribution in [3.63, 3.8) is 0 Å². The highest BCUT2D eigenvalue weighted by Gasteiger charge is 2.56. The molecule has 39 heavy (non-hydrogen) atoms. The van der Waals surface area contributed by atoms with Gasteiger partial charge < -0.3 is 13.9 Å². The summed E-state index contributed by atoms with van der Waals surface area (Å²) in [5, 5.41) is 0. The van der Waals surface area contributed by atoms with Gasteiger partial charge in [-0.3, -0.25) is 0 Å². The van der Waals surface area contributed by atoms with Crippen LogP contribution in [0.4, 0.5) is 0 Å². The van der Waals surface area contributed by atoms with Crippen LogP contribution in [-0.4, -0.2) is 25.2 Å². The molecule has 0 bridgehead atoms. The summed E-state index contributed by atoms with van der Waals surface area (Å²) in [4.78, 5) is 25.6. The average molecular weight is 529 g/mol. The van der Waals surface area contributed by atoms with Gasteiger partial charge in [-0.15, -0.1) is 0 Å². The van der Waals surface area contributed by atoms with Crippen LogP contribution in [0.5, 0.6) is 0 Å². The van der Waals surface area contributed by atoms with Crippen LogP contribution in [0.25, 0.3) is 0 Å². The van der Waals surface area contributed by atoms with E-state index < -0.39 is 0 Å². The largest absolute Gasteiger partial charge is 0.472 e. The molecule has 2 aliphatic rings. The van der Waals surface area contributed by atoms with E-state index in [1.165, 1.54) is 5.56 Å². The Kier molecular flexibility index (Phi) is 8.25. The molecule has 0 radical (unpaired) electrons. The van der Waals surface area contributed by atoms with Gasteiger partial charge in [-0.1, -0.05) is 56.7 Å². The van der Waals surface area contributed by atoms with Gasteiger partial charge in [0, 0.05) is 5.41 Å². The van der Waals surface area contributed by atoms with Crippen molar-refractivity contribution in [3.05, 3.63) is 95.9 Å². The maximum atomic E-state index is 12.8. The van der Waals surface area contributed by atoms with E-state index in [4.69, 9.17) is 13.9 Å². The van der Waals surface area contributed by atoms with Crippen molar-refractivity contribution in [1.82, 2.24) is 0 Å². The molecule has 1 aromatic heterocycles. The zero-order chi connectivity index (χ0) is 27.3. The summed E-state index contributed by atoms with van der Waals surface area (Å²) in [5.74, 6) is 0.608. The zero-order valence-corrected chi connectivity index (χ0v) is 23.1. The quantitative estimate of drug-likeness (QED) is 0.266. The standard InChI is InChI=1S/C34H40O5/c1-33(24-39-32(36)27-12-7-4-8-13-27)19-9-20-34(2)29(16-14-25-18-21-37-22-25)28(15-17-30(33)34)23-38-31(35)26-10-5-3-6-11-26/h3-8,10-13,18,21-22,28-30H,9,14-17,19-20,23-24H2,1-2H3/t28-,29-,30+,33+,34+/m0/s1. The van der Waals surface area contributed by atoms with Crippen LogP contribution in [0.1, 0.15) is 78.7 Å². The summed E-state index contributed by atoms with van der Waals surface area (Å²) < 4.78 is 17.2. The highest BCUT2D eigenvalue weighted by Crippen LogP contribution is 2.62. The molecule has 5 nitrogen and oxygen atoms in total. The molecule has 206 valence electrons.